The fourth-order valence-corrected chi connectivity index (χ4v) is 5.48. The predicted molar refractivity (Wildman–Crippen MR) is 132 cm³/mol. The summed E-state index contributed by atoms with van der Waals surface area (Å²) in [7, 11) is 0. The maximum absolute atomic E-state index is 6.22. The van der Waals surface area contributed by atoms with Gasteiger partial charge in [0.2, 0.25) is 0 Å². The quantitative estimate of drug-likeness (QED) is 0.270. The van der Waals surface area contributed by atoms with Crippen molar-refractivity contribution in [1.29, 1.82) is 0 Å². The second-order valence-corrected chi connectivity index (χ2v) is 8.90. The minimum atomic E-state index is -0.209. The van der Waals surface area contributed by atoms with Crippen molar-refractivity contribution in [3.63, 3.8) is 0 Å². The molecule has 5 aromatic carbocycles. The molecule has 0 fully saturated rings. The first-order valence-electron chi connectivity index (χ1n) is 10.6. The highest BCUT2D eigenvalue weighted by Gasteiger charge is 2.41. The molecule has 0 radical (unpaired) electrons. The van der Waals surface area contributed by atoms with Crippen molar-refractivity contribution in [2.24, 2.45) is 0 Å². The third-order valence-corrected chi connectivity index (χ3v) is 7.04. The fraction of sp³-hybridized carbons (Fsp3) is 0.0667. The largest absolute Gasteiger partial charge is 0.0843 e. The maximum Gasteiger partial charge on any atom is 0.0441 e. The van der Waals surface area contributed by atoms with Crippen LogP contribution in [-0.2, 0) is 5.41 Å². The molecule has 0 bridgehead atoms. The van der Waals surface area contributed by atoms with Gasteiger partial charge < -0.3 is 0 Å². The van der Waals surface area contributed by atoms with E-state index in [2.05, 4.69) is 97.9 Å². The summed E-state index contributed by atoms with van der Waals surface area (Å²) in [4.78, 5) is 0. The predicted octanol–water partition coefficient (Wildman–Crippen LogP) is 8.49. The second-order valence-electron chi connectivity index (χ2n) is 8.47. The summed E-state index contributed by atoms with van der Waals surface area (Å²) in [5, 5.41) is 3.38. The number of halogens is 1. The van der Waals surface area contributed by atoms with Gasteiger partial charge in [-0.3, -0.25) is 0 Å². The van der Waals surface area contributed by atoms with E-state index in [0.717, 1.165) is 10.6 Å². The van der Waals surface area contributed by atoms with E-state index >= 15 is 0 Å². The first kappa shape index (κ1) is 18.4. The number of hydrogen-bond donors (Lipinski definition) is 0. The van der Waals surface area contributed by atoms with E-state index in [9.17, 15) is 0 Å². The van der Waals surface area contributed by atoms with E-state index in [1.165, 1.54) is 44.2 Å². The highest BCUT2D eigenvalue weighted by atomic mass is 35.5. The Morgan fingerprint density at radius 2 is 1.39 bits per heavy atom. The van der Waals surface area contributed by atoms with Crippen LogP contribution in [0.15, 0.2) is 109 Å². The Kier molecular flexibility index (Phi) is 4.06. The average Bonchev–Trinajstić information content (AvgIpc) is 3.09. The molecule has 0 aliphatic heterocycles. The molecule has 0 saturated carbocycles. The van der Waals surface area contributed by atoms with Crippen LogP contribution in [0, 0.1) is 0 Å². The topological polar surface area (TPSA) is 0 Å². The van der Waals surface area contributed by atoms with Crippen LogP contribution in [0.4, 0.5) is 0 Å². The first-order valence-corrected chi connectivity index (χ1v) is 11.0. The van der Waals surface area contributed by atoms with E-state index in [-0.39, 0.29) is 5.41 Å². The molecule has 0 spiro atoms. The Balaban J connectivity index is 1.59. The van der Waals surface area contributed by atoms with Gasteiger partial charge in [-0.25, -0.2) is 0 Å². The molecule has 0 N–H and O–H groups in total. The second kappa shape index (κ2) is 6.83. The summed E-state index contributed by atoms with van der Waals surface area (Å²) in [5.74, 6) is 0. The number of hydrogen-bond acceptors (Lipinski definition) is 0. The van der Waals surface area contributed by atoms with Crippen molar-refractivity contribution in [1.82, 2.24) is 0 Å². The van der Waals surface area contributed by atoms with Gasteiger partial charge in [-0.2, -0.15) is 0 Å². The zero-order valence-electron chi connectivity index (χ0n) is 17.3. The molecule has 1 atom stereocenters. The molecule has 0 aromatic heterocycles. The zero-order valence-corrected chi connectivity index (χ0v) is 18.0. The Morgan fingerprint density at radius 3 is 2.23 bits per heavy atom. The summed E-state index contributed by atoms with van der Waals surface area (Å²) in [6, 6.07) is 39.2. The molecular weight excluding hydrogens is 396 g/mol. The van der Waals surface area contributed by atoms with E-state index in [4.69, 9.17) is 11.6 Å². The highest BCUT2D eigenvalue weighted by molar-refractivity contribution is 6.30. The third-order valence-electron chi connectivity index (χ3n) is 6.81. The fourth-order valence-electron chi connectivity index (χ4n) is 5.29. The van der Waals surface area contributed by atoms with Crippen LogP contribution >= 0.6 is 11.6 Å². The Morgan fingerprint density at radius 1 is 0.613 bits per heavy atom. The van der Waals surface area contributed by atoms with Crippen molar-refractivity contribution in [3.05, 3.63) is 131 Å². The molecule has 6 rings (SSSR count). The molecule has 5 aromatic rings. The van der Waals surface area contributed by atoms with Gasteiger partial charge in [-0.05, 0) is 68.8 Å². The normalized spacial score (nSPS) is 16.8. The van der Waals surface area contributed by atoms with Gasteiger partial charge in [0.1, 0.15) is 0 Å². The summed E-state index contributed by atoms with van der Waals surface area (Å²) in [6.07, 6.45) is 0. The lowest BCUT2D eigenvalue weighted by Crippen LogP contribution is -2.22. The molecule has 0 amide bonds. The van der Waals surface area contributed by atoms with Crippen LogP contribution in [0.25, 0.3) is 33.0 Å². The first-order chi connectivity index (χ1) is 15.2. The maximum atomic E-state index is 6.22. The SMILES string of the molecule is CC1(c2ccc(-c3cccc(Cl)c3)cc2)c2ccccc2-c2ccc3ccccc3c21. The number of fused-ring (bicyclic) bond motifs is 5. The lowest BCUT2D eigenvalue weighted by Gasteiger charge is -2.29. The van der Waals surface area contributed by atoms with Crippen LogP contribution in [0.2, 0.25) is 5.02 Å². The molecule has 0 saturated heterocycles. The van der Waals surface area contributed by atoms with Crippen molar-refractivity contribution >= 4 is 22.4 Å². The van der Waals surface area contributed by atoms with Gasteiger partial charge in [0.15, 0.2) is 0 Å². The molecule has 1 unspecified atom stereocenters. The van der Waals surface area contributed by atoms with Crippen molar-refractivity contribution < 1.29 is 0 Å². The van der Waals surface area contributed by atoms with Crippen LogP contribution < -0.4 is 0 Å². The van der Waals surface area contributed by atoms with Gasteiger partial charge in [-0.1, -0.05) is 109 Å². The number of rotatable bonds is 2. The Hall–Kier alpha value is -3.35. The summed E-state index contributed by atoms with van der Waals surface area (Å²) in [5.41, 5.74) is 8.88. The third kappa shape index (κ3) is 2.69. The Bertz CT molecular complexity index is 1450. The van der Waals surface area contributed by atoms with Crippen LogP contribution in [0.1, 0.15) is 23.6 Å². The minimum absolute atomic E-state index is 0.209. The smallest absolute Gasteiger partial charge is 0.0441 e. The van der Waals surface area contributed by atoms with E-state index in [0.29, 0.717) is 0 Å². The van der Waals surface area contributed by atoms with Crippen molar-refractivity contribution in [3.8, 4) is 22.3 Å². The summed E-state index contributed by atoms with van der Waals surface area (Å²) < 4.78 is 0. The van der Waals surface area contributed by atoms with Crippen LogP contribution in [0.5, 0.6) is 0 Å². The van der Waals surface area contributed by atoms with Gasteiger partial charge in [0, 0.05) is 10.4 Å². The van der Waals surface area contributed by atoms with Gasteiger partial charge in [0.05, 0.1) is 0 Å². The molecule has 1 aliphatic rings. The molecular formula is C30H21Cl. The molecule has 0 heterocycles. The lowest BCUT2D eigenvalue weighted by molar-refractivity contribution is 0.720. The van der Waals surface area contributed by atoms with Gasteiger partial charge in [0.25, 0.3) is 0 Å². The monoisotopic (exact) mass is 416 g/mol. The Labute approximate surface area is 187 Å². The van der Waals surface area contributed by atoms with Crippen LogP contribution in [0.3, 0.4) is 0 Å². The highest BCUT2D eigenvalue weighted by Crippen LogP contribution is 2.54. The molecule has 31 heavy (non-hydrogen) atoms. The van der Waals surface area contributed by atoms with Gasteiger partial charge >= 0.3 is 0 Å². The molecule has 0 nitrogen and oxygen atoms in total. The van der Waals surface area contributed by atoms with Gasteiger partial charge in [-0.15, -0.1) is 0 Å². The summed E-state index contributed by atoms with van der Waals surface area (Å²) >= 11 is 6.22. The number of benzene rings is 5. The molecule has 1 aliphatic carbocycles. The van der Waals surface area contributed by atoms with E-state index < -0.39 is 0 Å². The average molecular weight is 417 g/mol. The zero-order chi connectivity index (χ0) is 21.0. The van der Waals surface area contributed by atoms with E-state index in [1.54, 1.807) is 0 Å². The molecule has 1 heteroatoms. The molecule has 148 valence electrons. The standard InChI is InChI=1S/C30H21Cl/c1-30(23-16-13-20(14-17-23)22-8-6-9-24(31)19-22)28-12-5-4-11-26(28)27-18-15-21-7-2-3-10-25(21)29(27)30/h2-19H,1H3. The van der Waals surface area contributed by atoms with E-state index in [1.807, 2.05) is 18.2 Å². The van der Waals surface area contributed by atoms with Crippen molar-refractivity contribution in [2.75, 3.05) is 0 Å². The van der Waals surface area contributed by atoms with Crippen LogP contribution in [-0.4, -0.2) is 0 Å². The summed E-state index contributed by atoms with van der Waals surface area (Å²) in [6.45, 7) is 2.37. The minimum Gasteiger partial charge on any atom is -0.0843 e. The lowest BCUT2D eigenvalue weighted by atomic mass is 9.72. The van der Waals surface area contributed by atoms with Crippen molar-refractivity contribution in [2.45, 2.75) is 12.3 Å².